The largest absolute Gasteiger partial charge is 0.416 e. The summed E-state index contributed by atoms with van der Waals surface area (Å²) in [7, 11) is 0. The summed E-state index contributed by atoms with van der Waals surface area (Å²) in [4.78, 5) is 17.1. The summed E-state index contributed by atoms with van der Waals surface area (Å²) in [5.41, 5.74) is 0.451. The van der Waals surface area contributed by atoms with Gasteiger partial charge in [-0.05, 0) is 41.5 Å². The summed E-state index contributed by atoms with van der Waals surface area (Å²) in [6, 6.07) is 10.0. The fourth-order valence-electron chi connectivity index (χ4n) is 2.44. The van der Waals surface area contributed by atoms with Gasteiger partial charge >= 0.3 is 6.18 Å². The maximum atomic E-state index is 12.7. The molecule has 1 heterocycles. The number of carbonyl (C=O) groups is 1. The van der Waals surface area contributed by atoms with Gasteiger partial charge in [-0.25, -0.2) is 4.98 Å². The highest BCUT2D eigenvalue weighted by Crippen LogP contribution is 2.30. The molecule has 3 nitrogen and oxygen atoms in total. The van der Waals surface area contributed by atoms with Crippen LogP contribution in [0.2, 0.25) is 10.0 Å². The fraction of sp³-hybridized carbons (Fsp3) is 0.100. The Hall–Kier alpha value is -2.35. The minimum Gasteiger partial charge on any atom is -0.298 e. The first-order valence-corrected chi connectivity index (χ1v) is 9.83. The Kier molecular flexibility index (Phi) is 6.62. The predicted molar refractivity (Wildman–Crippen MR) is 110 cm³/mol. The second-order valence-electron chi connectivity index (χ2n) is 6.00. The monoisotopic (exact) mass is 456 g/mol. The summed E-state index contributed by atoms with van der Waals surface area (Å²) < 4.78 is 38.2. The van der Waals surface area contributed by atoms with E-state index in [-0.39, 0.29) is 5.56 Å². The SMILES string of the molecule is O=C(/C=C/c1cccc(C(F)(F)F)c1)Nc1ncc(Cc2ccc(Cl)c(Cl)c2)s1. The van der Waals surface area contributed by atoms with Crippen molar-refractivity contribution < 1.29 is 18.0 Å². The minimum absolute atomic E-state index is 0.273. The van der Waals surface area contributed by atoms with E-state index in [4.69, 9.17) is 23.2 Å². The molecule has 0 aliphatic carbocycles. The lowest BCUT2D eigenvalue weighted by Gasteiger charge is -2.06. The van der Waals surface area contributed by atoms with E-state index in [1.54, 1.807) is 18.3 Å². The predicted octanol–water partition coefficient (Wildman–Crippen LogP) is 6.71. The third-order valence-corrected chi connectivity index (χ3v) is 5.44. The zero-order valence-electron chi connectivity index (χ0n) is 14.6. The lowest BCUT2D eigenvalue weighted by atomic mass is 10.1. The van der Waals surface area contributed by atoms with E-state index >= 15 is 0 Å². The fourth-order valence-corrected chi connectivity index (χ4v) is 3.61. The first-order valence-electron chi connectivity index (χ1n) is 8.25. The number of halogens is 5. The molecule has 3 rings (SSSR count). The molecular weight excluding hydrogens is 444 g/mol. The van der Waals surface area contributed by atoms with Gasteiger partial charge in [-0.1, -0.05) is 41.4 Å². The number of alkyl halides is 3. The van der Waals surface area contributed by atoms with Crippen molar-refractivity contribution in [3.63, 3.8) is 0 Å². The van der Waals surface area contributed by atoms with E-state index in [9.17, 15) is 18.0 Å². The highest BCUT2D eigenvalue weighted by molar-refractivity contribution is 7.15. The molecule has 3 aromatic rings. The van der Waals surface area contributed by atoms with Crippen LogP contribution in [0, 0.1) is 0 Å². The molecule has 0 fully saturated rings. The number of hydrogen-bond donors (Lipinski definition) is 1. The molecule has 1 N–H and O–H groups in total. The Morgan fingerprint density at radius 2 is 1.93 bits per heavy atom. The van der Waals surface area contributed by atoms with Crippen LogP contribution in [0.25, 0.3) is 6.08 Å². The standard InChI is InChI=1S/C20H13Cl2F3N2OS/c21-16-6-4-13(10-17(16)22)9-15-11-26-19(29-15)27-18(28)7-5-12-2-1-3-14(8-12)20(23,24)25/h1-8,10-11H,9H2,(H,26,27,28)/b7-5+. The number of benzene rings is 2. The number of amides is 1. The first kappa shape index (κ1) is 21.4. The minimum atomic E-state index is -4.43. The van der Waals surface area contributed by atoms with Crippen LogP contribution in [0.1, 0.15) is 21.6 Å². The van der Waals surface area contributed by atoms with Crippen molar-refractivity contribution in [1.82, 2.24) is 4.98 Å². The number of hydrogen-bond acceptors (Lipinski definition) is 3. The van der Waals surface area contributed by atoms with Crippen LogP contribution >= 0.6 is 34.5 Å². The van der Waals surface area contributed by atoms with Gasteiger partial charge in [0.15, 0.2) is 5.13 Å². The second-order valence-corrected chi connectivity index (χ2v) is 7.93. The lowest BCUT2D eigenvalue weighted by Crippen LogP contribution is -2.07. The summed E-state index contributed by atoms with van der Waals surface area (Å²) >= 11 is 13.2. The van der Waals surface area contributed by atoms with E-state index in [2.05, 4.69) is 10.3 Å². The second kappa shape index (κ2) is 8.98. The van der Waals surface area contributed by atoms with Crippen molar-refractivity contribution in [2.75, 3.05) is 5.32 Å². The Balaban J connectivity index is 1.61. The van der Waals surface area contributed by atoms with Crippen LogP contribution < -0.4 is 5.32 Å². The van der Waals surface area contributed by atoms with Gasteiger partial charge in [0.05, 0.1) is 15.6 Å². The molecule has 9 heteroatoms. The smallest absolute Gasteiger partial charge is 0.298 e. The van der Waals surface area contributed by atoms with Crippen molar-refractivity contribution in [3.8, 4) is 0 Å². The summed E-state index contributed by atoms with van der Waals surface area (Å²) in [5, 5.41) is 3.92. The van der Waals surface area contributed by atoms with Gasteiger partial charge in [-0.3, -0.25) is 10.1 Å². The van der Waals surface area contributed by atoms with Crippen LogP contribution in [-0.4, -0.2) is 10.9 Å². The topological polar surface area (TPSA) is 42.0 Å². The Morgan fingerprint density at radius 3 is 2.66 bits per heavy atom. The molecule has 0 unspecified atom stereocenters. The molecular formula is C20H13Cl2F3N2OS. The quantitative estimate of drug-likeness (QED) is 0.433. The van der Waals surface area contributed by atoms with Crippen molar-refractivity contribution in [3.05, 3.63) is 86.4 Å². The molecule has 0 saturated heterocycles. The zero-order valence-corrected chi connectivity index (χ0v) is 17.0. The number of thiazole rings is 1. The van der Waals surface area contributed by atoms with Crippen LogP contribution in [-0.2, 0) is 17.4 Å². The summed E-state index contributed by atoms with van der Waals surface area (Å²) in [6.07, 6.45) is 0.256. The maximum Gasteiger partial charge on any atom is 0.416 e. The molecule has 1 aromatic heterocycles. The molecule has 150 valence electrons. The van der Waals surface area contributed by atoms with Crippen molar-refractivity contribution in [1.29, 1.82) is 0 Å². The Morgan fingerprint density at radius 1 is 1.14 bits per heavy atom. The molecule has 0 spiro atoms. The molecule has 0 saturated carbocycles. The Bertz CT molecular complexity index is 1060. The van der Waals surface area contributed by atoms with E-state index in [1.807, 2.05) is 6.07 Å². The van der Waals surface area contributed by atoms with Crippen LogP contribution in [0.3, 0.4) is 0 Å². The van der Waals surface area contributed by atoms with Gasteiger partial charge in [0.1, 0.15) is 0 Å². The first-order chi connectivity index (χ1) is 13.7. The molecule has 0 aliphatic rings. The number of rotatable bonds is 5. The van der Waals surface area contributed by atoms with Crippen LogP contribution in [0.15, 0.2) is 54.7 Å². The molecule has 0 bridgehead atoms. The molecule has 2 aromatic carbocycles. The highest BCUT2D eigenvalue weighted by Gasteiger charge is 2.30. The number of nitrogens with one attached hydrogen (secondary N) is 1. The molecule has 0 aliphatic heterocycles. The number of carbonyl (C=O) groups excluding carboxylic acids is 1. The molecule has 0 radical (unpaired) electrons. The van der Waals surface area contributed by atoms with E-state index < -0.39 is 17.6 Å². The van der Waals surface area contributed by atoms with Gasteiger partial charge in [-0.2, -0.15) is 13.2 Å². The van der Waals surface area contributed by atoms with Gasteiger partial charge in [0.25, 0.3) is 0 Å². The lowest BCUT2D eigenvalue weighted by molar-refractivity contribution is -0.137. The van der Waals surface area contributed by atoms with Gasteiger partial charge in [0, 0.05) is 23.6 Å². The third kappa shape index (κ3) is 6.06. The normalized spacial score (nSPS) is 11.8. The number of aromatic nitrogens is 1. The Labute approximate surface area is 178 Å². The zero-order chi connectivity index (χ0) is 21.0. The van der Waals surface area contributed by atoms with Crippen LogP contribution in [0.5, 0.6) is 0 Å². The highest BCUT2D eigenvalue weighted by atomic mass is 35.5. The van der Waals surface area contributed by atoms with E-state index in [1.165, 1.54) is 29.5 Å². The average Bonchev–Trinajstić information content (AvgIpc) is 3.09. The van der Waals surface area contributed by atoms with Gasteiger partial charge in [-0.15, -0.1) is 11.3 Å². The molecule has 1 amide bonds. The van der Waals surface area contributed by atoms with Crippen LogP contribution in [0.4, 0.5) is 18.3 Å². The number of nitrogens with zero attached hydrogens (tertiary/aromatic N) is 1. The van der Waals surface area contributed by atoms with Crippen molar-refractivity contribution >= 4 is 51.7 Å². The maximum absolute atomic E-state index is 12.7. The van der Waals surface area contributed by atoms with E-state index in [0.717, 1.165) is 28.6 Å². The molecule has 29 heavy (non-hydrogen) atoms. The van der Waals surface area contributed by atoms with Gasteiger partial charge in [0.2, 0.25) is 5.91 Å². The van der Waals surface area contributed by atoms with Crippen molar-refractivity contribution in [2.45, 2.75) is 12.6 Å². The molecule has 0 atom stereocenters. The number of anilines is 1. The van der Waals surface area contributed by atoms with Gasteiger partial charge < -0.3 is 0 Å². The average molecular weight is 457 g/mol. The van der Waals surface area contributed by atoms with Crippen molar-refractivity contribution in [2.24, 2.45) is 0 Å². The summed E-state index contributed by atoms with van der Waals surface area (Å²) in [6.45, 7) is 0. The summed E-state index contributed by atoms with van der Waals surface area (Å²) in [5.74, 6) is -0.488. The third-order valence-electron chi connectivity index (χ3n) is 3.79. The van der Waals surface area contributed by atoms with E-state index in [0.29, 0.717) is 21.6 Å².